The average molecular weight is 235 g/mol. The molecule has 0 saturated heterocycles. The number of amidine groups is 1. The molecule has 0 aliphatic carbocycles. The lowest BCUT2D eigenvalue weighted by molar-refractivity contribution is 0.162. The van der Waals surface area contributed by atoms with Crippen molar-refractivity contribution >= 4 is 5.84 Å². The Balaban J connectivity index is 3.17. The number of nitrogens with zero attached hydrogens (tertiary/aromatic N) is 1. The number of ether oxygens (including phenoxy) is 1. The summed E-state index contributed by atoms with van der Waals surface area (Å²) in [6.07, 6.45) is 0.0433. The monoisotopic (exact) mass is 235 g/mol. The summed E-state index contributed by atoms with van der Waals surface area (Å²) >= 11 is 0. The molecule has 3 N–H and O–H groups in total. The van der Waals surface area contributed by atoms with Crippen LogP contribution in [0.15, 0.2) is 6.07 Å². The summed E-state index contributed by atoms with van der Waals surface area (Å²) in [6, 6.07) is 1.91. The first-order chi connectivity index (χ1) is 7.82. The number of nitrogens with two attached hydrogens (primary N) is 1. The number of nitrogens with one attached hydrogen (secondary N) is 1. The van der Waals surface area contributed by atoms with Crippen molar-refractivity contribution in [1.82, 2.24) is 4.98 Å². The Morgan fingerprint density at radius 1 is 1.35 bits per heavy atom. The number of aryl methyl sites for hydroxylation is 2. The molecule has 1 heterocycles. The first kappa shape index (κ1) is 13.5. The molecule has 0 aliphatic rings. The van der Waals surface area contributed by atoms with Gasteiger partial charge in [0.1, 0.15) is 5.84 Å². The Bertz CT molecular complexity index is 427. The maximum absolute atomic E-state index is 7.60. The van der Waals surface area contributed by atoms with Crippen LogP contribution in [0.1, 0.15) is 37.6 Å². The van der Waals surface area contributed by atoms with E-state index in [4.69, 9.17) is 15.9 Å². The van der Waals surface area contributed by atoms with E-state index < -0.39 is 0 Å². The molecule has 0 fully saturated rings. The minimum atomic E-state index is 0.000885. The molecular weight excluding hydrogens is 214 g/mol. The van der Waals surface area contributed by atoms with Crippen molar-refractivity contribution in [3.8, 4) is 5.88 Å². The Morgan fingerprint density at radius 2 is 1.94 bits per heavy atom. The summed E-state index contributed by atoms with van der Waals surface area (Å²) in [5, 5.41) is 7.60. The molecule has 4 nitrogen and oxygen atoms in total. The molecule has 1 aromatic rings. The first-order valence-electron chi connectivity index (χ1n) is 5.82. The zero-order chi connectivity index (χ0) is 13.2. The van der Waals surface area contributed by atoms with Crippen LogP contribution in [0.25, 0.3) is 0 Å². The molecule has 0 saturated carbocycles. The van der Waals surface area contributed by atoms with E-state index in [0.717, 1.165) is 11.3 Å². The van der Waals surface area contributed by atoms with Crippen molar-refractivity contribution in [2.24, 2.45) is 11.7 Å². The van der Waals surface area contributed by atoms with Gasteiger partial charge in [-0.2, -0.15) is 0 Å². The van der Waals surface area contributed by atoms with Crippen LogP contribution in [0.5, 0.6) is 5.88 Å². The fourth-order valence-corrected chi connectivity index (χ4v) is 1.53. The zero-order valence-electron chi connectivity index (χ0n) is 11.2. The van der Waals surface area contributed by atoms with Crippen LogP contribution in [0.4, 0.5) is 0 Å². The average Bonchev–Trinajstić information content (AvgIpc) is 2.14. The molecule has 0 radical (unpaired) electrons. The second kappa shape index (κ2) is 5.17. The Labute approximate surface area is 103 Å². The van der Waals surface area contributed by atoms with Gasteiger partial charge in [0, 0.05) is 5.69 Å². The highest BCUT2D eigenvalue weighted by Crippen LogP contribution is 2.22. The third-order valence-electron chi connectivity index (χ3n) is 2.82. The smallest absolute Gasteiger partial charge is 0.225 e. The van der Waals surface area contributed by atoms with E-state index in [1.54, 1.807) is 0 Å². The second-order valence-corrected chi connectivity index (χ2v) is 4.74. The molecular formula is C13H21N3O. The van der Waals surface area contributed by atoms with Gasteiger partial charge in [-0.3, -0.25) is 5.41 Å². The number of nitrogen functional groups attached to an aromatic ring is 1. The molecule has 1 atom stereocenters. The van der Waals surface area contributed by atoms with Gasteiger partial charge in [0.2, 0.25) is 5.88 Å². The lowest BCUT2D eigenvalue weighted by Crippen LogP contribution is -2.23. The summed E-state index contributed by atoms with van der Waals surface area (Å²) in [4.78, 5) is 4.33. The van der Waals surface area contributed by atoms with Crippen molar-refractivity contribution in [2.75, 3.05) is 0 Å². The standard InChI is InChI=1S/C13H21N3O/c1-7(2)10(5)17-13-11(12(14)15)8(3)6-9(4)16-13/h6-7,10H,1-5H3,(H3,14,15). The fraction of sp³-hybridized carbons (Fsp3) is 0.538. The molecule has 94 valence electrons. The minimum absolute atomic E-state index is 0.000885. The third-order valence-corrected chi connectivity index (χ3v) is 2.82. The predicted molar refractivity (Wildman–Crippen MR) is 69.7 cm³/mol. The largest absolute Gasteiger partial charge is 0.474 e. The molecule has 0 amide bonds. The van der Waals surface area contributed by atoms with Gasteiger partial charge >= 0.3 is 0 Å². The quantitative estimate of drug-likeness (QED) is 0.621. The highest BCUT2D eigenvalue weighted by molar-refractivity contribution is 5.98. The molecule has 4 heteroatoms. The van der Waals surface area contributed by atoms with Crippen LogP contribution in [-0.4, -0.2) is 16.9 Å². The van der Waals surface area contributed by atoms with Crippen LogP contribution < -0.4 is 10.5 Å². The van der Waals surface area contributed by atoms with Crippen LogP contribution in [0, 0.1) is 25.2 Å². The lowest BCUT2D eigenvalue weighted by Gasteiger charge is -2.20. The van der Waals surface area contributed by atoms with Gasteiger partial charge in [0.05, 0.1) is 11.7 Å². The van der Waals surface area contributed by atoms with Gasteiger partial charge < -0.3 is 10.5 Å². The number of hydrogen-bond acceptors (Lipinski definition) is 3. The summed E-state index contributed by atoms with van der Waals surface area (Å²) in [5.74, 6) is 0.856. The van der Waals surface area contributed by atoms with E-state index in [9.17, 15) is 0 Å². The molecule has 1 aromatic heterocycles. The van der Waals surface area contributed by atoms with E-state index in [1.807, 2.05) is 26.8 Å². The molecule has 17 heavy (non-hydrogen) atoms. The Kier molecular flexibility index (Phi) is 4.10. The zero-order valence-corrected chi connectivity index (χ0v) is 11.2. The van der Waals surface area contributed by atoms with Crippen molar-refractivity contribution in [2.45, 2.75) is 40.7 Å². The summed E-state index contributed by atoms with van der Waals surface area (Å²) in [6.45, 7) is 9.98. The maximum atomic E-state index is 7.60. The van der Waals surface area contributed by atoms with Crippen molar-refractivity contribution < 1.29 is 4.74 Å². The van der Waals surface area contributed by atoms with Crippen LogP contribution in [0.2, 0.25) is 0 Å². The van der Waals surface area contributed by atoms with Gasteiger partial charge in [-0.25, -0.2) is 4.98 Å². The number of pyridine rings is 1. The van der Waals surface area contributed by atoms with E-state index in [2.05, 4.69) is 18.8 Å². The van der Waals surface area contributed by atoms with Crippen molar-refractivity contribution in [3.63, 3.8) is 0 Å². The van der Waals surface area contributed by atoms with E-state index in [0.29, 0.717) is 17.4 Å². The van der Waals surface area contributed by atoms with Crippen LogP contribution in [0.3, 0.4) is 0 Å². The molecule has 1 unspecified atom stereocenters. The Morgan fingerprint density at radius 3 is 2.41 bits per heavy atom. The van der Waals surface area contributed by atoms with Crippen LogP contribution in [-0.2, 0) is 0 Å². The van der Waals surface area contributed by atoms with Gasteiger partial charge in [-0.15, -0.1) is 0 Å². The Hall–Kier alpha value is -1.58. The summed E-state index contributed by atoms with van der Waals surface area (Å²) in [5.41, 5.74) is 7.98. The number of rotatable bonds is 4. The number of hydrogen-bond donors (Lipinski definition) is 2. The lowest BCUT2D eigenvalue weighted by atomic mass is 10.1. The second-order valence-electron chi connectivity index (χ2n) is 4.74. The molecule has 0 bridgehead atoms. The highest BCUT2D eigenvalue weighted by Gasteiger charge is 2.17. The molecule has 1 rings (SSSR count). The summed E-state index contributed by atoms with van der Waals surface area (Å²) in [7, 11) is 0. The van der Waals surface area contributed by atoms with Crippen molar-refractivity contribution in [1.29, 1.82) is 5.41 Å². The van der Waals surface area contributed by atoms with Crippen LogP contribution >= 0.6 is 0 Å². The van der Waals surface area contributed by atoms with E-state index in [-0.39, 0.29) is 11.9 Å². The fourth-order valence-electron chi connectivity index (χ4n) is 1.53. The van der Waals surface area contributed by atoms with Gasteiger partial charge in [-0.1, -0.05) is 13.8 Å². The summed E-state index contributed by atoms with van der Waals surface area (Å²) < 4.78 is 5.80. The minimum Gasteiger partial charge on any atom is -0.474 e. The van der Waals surface area contributed by atoms with Gasteiger partial charge in [0.25, 0.3) is 0 Å². The predicted octanol–water partition coefficient (Wildman–Crippen LogP) is 2.41. The first-order valence-corrected chi connectivity index (χ1v) is 5.82. The third kappa shape index (κ3) is 3.19. The van der Waals surface area contributed by atoms with E-state index in [1.165, 1.54) is 0 Å². The highest BCUT2D eigenvalue weighted by atomic mass is 16.5. The van der Waals surface area contributed by atoms with Gasteiger partial charge in [-0.05, 0) is 38.3 Å². The van der Waals surface area contributed by atoms with Crippen molar-refractivity contribution in [3.05, 3.63) is 22.9 Å². The molecule has 0 aromatic carbocycles. The SMILES string of the molecule is Cc1cc(C)c(C(=N)N)c(OC(C)C(C)C)n1. The normalized spacial score (nSPS) is 12.6. The topological polar surface area (TPSA) is 72.0 Å². The van der Waals surface area contributed by atoms with Gasteiger partial charge in [0.15, 0.2) is 0 Å². The molecule has 0 spiro atoms. The molecule has 0 aliphatic heterocycles. The maximum Gasteiger partial charge on any atom is 0.225 e. The van der Waals surface area contributed by atoms with E-state index >= 15 is 0 Å². The number of aromatic nitrogens is 1.